The zero-order valence-electron chi connectivity index (χ0n) is 12.0. The molecule has 4 heteroatoms. The van der Waals surface area contributed by atoms with Crippen LogP contribution in [0.1, 0.15) is 53.9 Å². The lowest BCUT2D eigenvalue weighted by atomic mass is 9.80. The topological polar surface area (TPSA) is 46.2 Å². The van der Waals surface area contributed by atoms with Gasteiger partial charge in [0.2, 0.25) is 0 Å². The van der Waals surface area contributed by atoms with Crippen molar-refractivity contribution in [2.24, 2.45) is 5.41 Å². The van der Waals surface area contributed by atoms with E-state index in [1.165, 1.54) is 0 Å². The van der Waals surface area contributed by atoms with E-state index in [-0.39, 0.29) is 11.2 Å². The van der Waals surface area contributed by atoms with Gasteiger partial charge in [0.15, 0.2) is 0 Å². The summed E-state index contributed by atoms with van der Waals surface area (Å²) < 4.78 is 22.9. The third kappa shape index (κ3) is 6.41. The normalized spacial score (nSPS) is 14.9. The molecule has 0 radical (unpaired) electrons. The third-order valence-corrected chi connectivity index (χ3v) is 5.48. The Balaban J connectivity index is 4.29. The van der Waals surface area contributed by atoms with Crippen LogP contribution in [0.4, 0.5) is 0 Å². The maximum Gasteiger partial charge on any atom is 0.150 e. The lowest BCUT2D eigenvalue weighted by molar-refractivity contribution is 0.222. The van der Waals surface area contributed by atoms with Crippen LogP contribution in [0.5, 0.6) is 0 Å². The fraction of sp³-hybridized carbons (Fsp3) is 1.00. The van der Waals surface area contributed by atoms with Crippen LogP contribution in [0.2, 0.25) is 0 Å². The Bertz CT molecular complexity index is 297. The fourth-order valence-electron chi connectivity index (χ4n) is 1.91. The van der Waals surface area contributed by atoms with Crippen LogP contribution in [0.15, 0.2) is 0 Å². The van der Waals surface area contributed by atoms with Gasteiger partial charge in [-0.1, -0.05) is 34.6 Å². The highest BCUT2D eigenvalue weighted by molar-refractivity contribution is 7.91. The second-order valence-corrected chi connectivity index (χ2v) is 7.80. The van der Waals surface area contributed by atoms with Crippen molar-refractivity contribution in [3.63, 3.8) is 0 Å². The largest absolute Gasteiger partial charge is 0.314 e. The van der Waals surface area contributed by atoms with E-state index < -0.39 is 9.84 Å². The number of rotatable bonds is 9. The average Bonchev–Trinajstić information content (AvgIpc) is 2.28. The summed E-state index contributed by atoms with van der Waals surface area (Å²) in [5.41, 5.74) is 0.228. The van der Waals surface area contributed by atoms with Crippen LogP contribution < -0.4 is 5.32 Å². The molecular formula is C13H29NO2S. The van der Waals surface area contributed by atoms with Crippen molar-refractivity contribution in [3.05, 3.63) is 0 Å². The number of nitrogens with one attached hydrogen (secondary N) is 1. The van der Waals surface area contributed by atoms with Crippen LogP contribution >= 0.6 is 0 Å². The van der Waals surface area contributed by atoms with Gasteiger partial charge in [0.25, 0.3) is 0 Å². The summed E-state index contributed by atoms with van der Waals surface area (Å²) in [4.78, 5) is 0. The SMILES string of the molecule is CCNC(CCCS(=O)(=O)CC)C(C)(C)CC. The van der Waals surface area contributed by atoms with Crippen molar-refractivity contribution in [1.29, 1.82) is 0 Å². The monoisotopic (exact) mass is 263 g/mol. The molecule has 0 rings (SSSR count). The van der Waals surface area contributed by atoms with Gasteiger partial charge in [-0.05, 0) is 31.2 Å². The number of hydrogen-bond acceptors (Lipinski definition) is 3. The highest BCUT2D eigenvalue weighted by Gasteiger charge is 2.26. The molecule has 0 aromatic heterocycles. The molecule has 0 fully saturated rings. The molecule has 0 aliphatic heterocycles. The first-order valence-corrected chi connectivity index (χ1v) is 8.55. The Kier molecular flexibility index (Phi) is 7.33. The molecule has 17 heavy (non-hydrogen) atoms. The molecule has 0 aliphatic carbocycles. The van der Waals surface area contributed by atoms with Crippen LogP contribution in [0.3, 0.4) is 0 Å². The van der Waals surface area contributed by atoms with E-state index in [4.69, 9.17) is 0 Å². The predicted octanol–water partition coefficient (Wildman–Crippen LogP) is 2.62. The Labute approximate surface area is 107 Å². The van der Waals surface area contributed by atoms with Gasteiger partial charge >= 0.3 is 0 Å². The van der Waals surface area contributed by atoms with Gasteiger partial charge in [0, 0.05) is 11.8 Å². The Hall–Kier alpha value is -0.0900. The quantitative estimate of drug-likeness (QED) is 0.695. The van der Waals surface area contributed by atoms with E-state index in [0.29, 0.717) is 11.8 Å². The van der Waals surface area contributed by atoms with Gasteiger partial charge in [-0.2, -0.15) is 0 Å². The molecule has 0 amide bonds. The van der Waals surface area contributed by atoms with Gasteiger partial charge in [0.1, 0.15) is 9.84 Å². The maximum absolute atomic E-state index is 11.4. The van der Waals surface area contributed by atoms with Crippen molar-refractivity contribution >= 4 is 9.84 Å². The molecule has 0 spiro atoms. The van der Waals surface area contributed by atoms with E-state index in [2.05, 4.69) is 33.0 Å². The Morgan fingerprint density at radius 3 is 2.18 bits per heavy atom. The molecule has 1 unspecified atom stereocenters. The van der Waals surface area contributed by atoms with E-state index in [9.17, 15) is 8.42 Å². The molecule has 0 aromatic carbocycles. The summed E-state index contributed by atoms with van der Waals surface area (Å²) in [5, 5.41) is 3.48. The minimum absolute atomic E-state index is 0.228. The Morgan fingerprint density at radius 2 is 1.76 bits per heavy atom. The molecule has 0 saturated carbocycles. The van der Waals surface area contributed by atoms with Gasteiger partial charge in [-0.3, -0.25) is 0 Å². The molecule has 1 N–H and O–H groups in total. The summed E-state index contributed by atoms with van der Waals surface area (Å²) in [6.07, 6.45) is 2.80. The van der Waals surface area contributed by atoms with Crippen molar-refractivity contribution in [1.82, 2.24) is 5.32 Å². The standard InChI is InChI=1S/C13H29NO2S/c1-6-13(4,5)12(14-7-2)10-9-11-17(15,16)8-3/h12,14H,6-11H2,1-5H3. The van der Waals surface area contributed by atoms with Crippen molar-refractivity contribution in [2.75, 3.05) is 18.1 Å². The fourth-order valence-corrected chi connectivity index (χ4v) is 2.81. The smallest absolute Gasteiger partial charge is 0.150 e. The third-order valence-electron chi connectivity index (χ3n) is 3.69. The first-order valence-electron chi connectivity index (χ1n) is 6.72. The number of hydrogen-bond donors (Lipinski definition) is 1. The molecule has 0 heterocycles. The maximum atomic E-state index is 11.4. The molecule has 3 nitrogen and oxygen atoms in total. The number of sulfone groups is 1. The molecule has 0 aromatic rings. The molecule has 104 valence electrons. The summed E-state index contributed by atoms with van der Waals surface area (Å²) in [6.45, 7) is 11.4. The Morgan fingerprint density at radius 1 is 1.18 bits per heavy atom. The van der Waals surface area contributed by atoms with E-state index in [1.54, 1.807) is 6.92 Å². The lowest BCUT2D eigenvalue weighted by Crippen LogP contribution is -2.41. The minimum atomic E-state index is -2.81. The van der Waals surface area contributed by atoms with Crippen LogP contribution in [0, 0.1) is 5.41 Å². The van der Waals surface area contributed by atoms with Gasteiger partial charge in [-0.15, -0.1) is 0 Å². The highest BCUT2D eigenvalue weighted by atomic mass is 32.2. The molecular weight excluding hydrogens is 234 g/mol. The predicted molar refractivity (Wildman–Crippen MR) is 75.1 cm³/mol. The first-order chi connectivity index (χ1) is 7.79. The molecule has 0 saturated heterocycles. The summed E-state index contributed by atoms with van der Waals surface area (Å²) in [7, 11) is -2.81. The van der Waals surface area contributed by atoms with Crippen molar-refractivity contribution in [3.8, 4) is 0 Å². The zero-order valence-corrected chi connectivity index (χ0v) is 12.9. The van der Waals surface area contributed by atoms with Crippen molar-refractivity contribution in [2.45, 2.75) is 59.9 Å². The summed E-state index contributed by atoms with van der Waals surface area (Å²) in [5.74, 6) is 0.585. The summed E-state index contributed by atoms with van der Waals surface area (Å²) >= 11 is 0. The molecule has 0 aliphatic rings. The molecule has 0 bridgehead atoms. The van der Waals surface area contributed by atoms with E-state index in [0.717, 1.165) is 25.8 Å². The van der Waals surface area contributed by atoms with E-state index in [1.807, 2.05) is 0 Å². The van der Waals surface area contributed by atoms with Crippen molar-refractivity contribution < 1.29 is 8.42 Å². The van der Waals surface area contributed by atoms with E-state index >= 15 is 0 Å². The second-order valence-electron chi connectivity index (χ2n) is 5.33. The second kappa shape index (κ2) is 7.37. The summed E-state index contributed by atoms with van der Waals surface area (Å²) in [6, 6.07) is 0.407. The zero-order chi connectivity index (χ0) is 13.5. The first kappa shape index (κ1) is 16.9. The van der Waals surface area contributed by atoms with Gasteiger partial charge < -0.3 is 5.32 Å². The van der Waals surface area contributed by atoms with Crippen LogP contribution in [-0.4, -0.2) is 32.5 Å². The van der Waals surface area contributed by atoms with Gasteiger partial charge in [0.05, 0.1) is 5.75 Å². The molecule has 1 atom stereocenters. The lowest BCUT2D eigenvalue weighted by Gasteiger charge is -2.34. The highest BCUT2D eigenvalue weighted by Crippen LogP contribution is 2.27. The average molecular weight is 263 g/mol. The minimum Gasteiger partial charge on any atom is -0.314 e. The van der Waals surface area contributed by atoms with Crippen LogP contribution in [0.25, 0.3) is 0 Å². The van der Waals surface area contributed by atoms with Gasteiger partial charge in [-0.25, -0.2) is 8.42 Å². The van der Waals surface area contributed by atoms with Crippen LogP contribution in [-0.2, 0) is 9.84 Å².